The number of hydrogen-bond acceptors (Lipinski definition) is 2. The fourth-order valence-corrected chi connectivity index (χ4v) is 3.34. The van der Waals surface area contributed by atoms with E-state index in [0.29, 0.717) is 10.0 Å². The summed E-state index contributed by atoms with van der Waals surface area (Å²) in [6, 6.07) is 4.69. The maximum atomic E-state index is 13.4. The Bertz CT molecular complexity index is 461. The molecule has 1 aliphatic carbocycles. The number of hydrogen-bond donors (Lipinski definition) is 1. The molecule has 5 heteroatoms. The maximum absolute atomic E-state index is 13.4. The zero-order chi connectivity index (χ0) is 13.8. The third-order valence-corrected chi connectivity index (χ3v) is 5.31. The van der Waals surface area contributed by atoms with E-state index < -0.39 is 5.82 Å². The van der Waals surface area contributed by atoms with Crippen LogP contribution in [0.4, 0.5) is 4.39 Å². The Balaban J connectivity index is 1.92. The number of carbonyl (C=O) groups excluding carboxylic acids is 1. The molecule has 1 N–H and O–H groups in total. The lowest BCUT2D eigenvalue weighted by atomic mass is 9.94. The second-order valence-electron chi connectivity index (χ2n) is 4.81. The Hall–Kier alpha value is -0.550. The van der Waals surface area contributed by atoms with Crippen LogP contribution in [0.15, 0.2) is 22.7 Å². The minimum atomic E-state index is -0.404. The molecule has 0 spiro atoms. The molecule has 19 heavy (non-hydrogen) atoms. The average molecular weight is 346 g/mol. The van der Waals surface area contributed by atoms with E-state index in [1.54, 1.807) is 12.1 Å². The fraction of sp³-hybridized carbons (Fsp3) is 0.500. The molecule has 0 saturated heterocycles. The standard InChI is InChI=1S/C14H17BrFNOS/c1-19-11-5-3-10(4-6-11)17-14(18)9-2-7-12(15)13(16)8-9/h2,7-8,10-11H,3-6H2,1H3,(H,17,18). The second-order valence-corrected chi connectivity index (χ2v) is 6.80. The fourth-order valence-electron chi connectivity index (χ4n) is 2.35. The van der Waals surface area contributed by atoms with Crippen LogP contribution in [-0.4, -0.2) is 23.5 Å². The third kappa shape index (κ3) is 3.96. The summed E-state index contributed by atoms with van der Waals surface area (Å²) in [6.07, 6.45) is 6.43. The number of halogens is 2. The lowest BCUT2D eigenvalue weighted by Gasteiger charge is -2.28. The minimum absolute atomic E-state index is 0.181. The van der Waals surface area contributed by atoms with Crippen molar-refractivity contribution in [2.75, 3.05) is 6.26 Å². The van der Waals surface area contributed by atoms with E-state index in [2.05, 4.69) is 27.5 Å². The molecule has 0 aliphatic heterocycles. The number of rotatable bonds is 3. The second kappa shape index (κ2) is 6.75. The van der Waals surface area contributed by atoms with Crippen LogP contribution in [0.5, 0.6) is 0 Å². The highest BCUT2D eigenvalue weighted by Crippen LogP contribution is 2.27. The molecule has 0 heterocycles. The molecule has 1 saturated carbocycles. The molecule has 1 aromatic rings. The van der Waals surface area contributed by atoms with Gasteiger partial charge in [0.15, 0.2) is 0 Å². The molecular weight excluding hydrogens is 329 g/mol. The Kier molecular flexibility index (Phi) is 5.28. The molecule has 104 valence electrons. The molecule has 1 fully saturated rings. The molecule has 1 amide bonds. The van der Waals surface area contributed by atoms with Crippen LogP contribution in [0.25, 0.3) is 0 Å². The first-order valence-electron chi connectivity index (χ1n) is 6.39. The lowest BCUT2D eigenvalue weighted by Crippen LogP contribution is -2.38. The topological polar surface area (TPSA) is 29.1 Å². The molecule has 2 rings (SSSR count). The molecule has 1 aromatic carbocycles. The van der Waals surface area contributed by atoms with Gasteiger partial charge in [-0.25, -0.2) is 4.39 Å². The summed E-state index contributed by atoms with van der Waals surface area (Å²) in [5.41, 5.74) is 0.382. The number of carbonyl (C=O) groups is 1. The largest absolute Gasteiger partial charge is 0.349 e. The van der Waals surface area contributed by atoms with E-state index in [1.165, 1.54) is 6.07 Å². The quantitative estimate of drug-likeness (QED) is 0.897. The van der Waals surface area contributed by atoms with Crippen LogP contribution in [0.3, 0.4) is 0 Å². The molecule has 0 bridgehead atoms. The number of nitrogens with one attached hydrogen (secondary N) is 1. The van der Waals surface area contributed by atoms with Crippen molar-refractivity contribution in [3.63, 3.8) is 0 Å². The third-order valence-electron chi connectivity index (χ3n) is 3.52. The average Bonchev–Trinajstić information content (AvgIpc) is 2.42. The highest BCUT2D eigenvalue weighted by Gasteiger charge is 2.22. The van der Waals surface area contributed by atoms with Crippen LogP contribution in [0.1, 0.15) is 36.0 Å². The van der Waals surface area contributed by atoms with Crippen LogP contribution >= 0.6 is 27.7 Å². The summed E-state index contributed by atoms with van der Waals surface area (Å²) in [7, 11) is 0. The highest BCUT2D eigenvalue weighted by atomic mass is 79.9. The van der Waals surface area contributed by atoms with Gasteiger partial charge in [-0.1, -0.05) is 0 Å². The molecular formula is C14H17BrFNOS. The van der Waals surface area contributed by atoms with Gasteiger partial charge in [0.1, 0.15) is 5.82 Å². The van der Waals surface area contributed by atoms with Gasteiger partial charge in [-0.05, 0) is 66.1 Å². The Labute approximate surface area is 125 Å². The van der Waals surface area contributed by atoms with E-state index in [0.717, 1.165) is 30.9 Å². The van der Waals surface area contributed by atoms with Crippen molar-refractivity contribution in [1.82, 2.24) is 5.32 Å². The van der Waals surface area contributed by atoms with Gasteiger partial charge in [0.2, 0.25) is 0 Å². The number of amides is 1. The predicted molar refractivity (Wildman–Crippen MR) is 81.1 cm³/mol. The Morgan fingerprint density at radius 2 is 2.05 bits per heavy atom. The van der Waals surface area contributed by atoms with E-state index in [-0.39, 0.29) is 11.9 Å². The van der Waals surface area contributed by atoms with Crippen molar-refractivity contribution in [2.45, 2.75) is 37.0 Å². The van der Waals surface area contributed by atoms with Crippen molar-refractivity contribution in [3.8, 4) is 0 Å². The van der Waals surface area contributed by atoms with Crippen molar-refractivity contribution in [1.29, 1.82) is 0 Å². The van der Waals surface area contributed by atoms with Gasteiger partial charge < -0.3 is 5.32 Å². The summed E-state index contributed by atoms with van der Waals surface area (Å²) in [5, 5.41) is 3.72. The van der Waals surface area contributed by atoms with Gasteiger partial charge in [-0.2, -0.15) is 11.8 Å². The number of thioether (sulfide) groups is 1. The van der Waals surface area contributed by atoms with Crippen molar-refractivity contribution in [2.24, 2.45) is 0 Å². The van der Waals surface area contributed by atoms with Gasteiger partial charge in [-0.3, -0.25) is 4.79 Å². The molecule has 0 unspecified atom stereocenters. The first-order valence-corrected chi connectivity index (χ1v) is 8.47. The van der Waals surface area contributed by atoms with E-state index >= 15 is 0 Å². The van der Waals surface area contributed by atoms with Crippen LogP contribution < -0.4 is 5.32 Å². The van der Waals surface area contributed by atoms with Crippen molar-refractivity contribution >= 4 is 33.6 Å². The van der Waals surface area contributed by atoms with Crippen molar-refractivity contribution < 1.29 is 9.18 Å². The zero-order valence-electron chi connectivity index (χ0n) is 10.8. The molecule has 0 aromatic heterocycles. The molecule has 1 aliphatic rings. The summed E-state index contributed by atoms with van der Waals surface area (Å²) in [4.78, 5) is 12.0. The number of benzene rings is 1. The minimum Gasteiger partial charge on any atom is -0.349 e. The van der Waals surface area contributed by atoms with Crippen molar-refractivity contribution in [3.05, 3.63) is 34.1 Å². The van der Waals surface area contributed by atoms with Crippen LogP contribution in [0.2, 0.25) is 0 Å². The Morgan fingerprint density at radius 3 is 2.63 bits per heavy atom. The van der Waals surface area contributed by atoms with Gasteiger partial charge in [-0.15, -0.1) is 0 Å². The Morgan fingerprint density at radius 1 is 1.37 bits per heavy atom. The molecule has 0 atom stereocenters. The smallest absolute Gasteiger partial charge is 0.251 e. The normalized spacial score (nSPS) is 23.1. The first-order chi connectivity index (χ1) is 9.10. The van der Waals surface area contributed by atoms with Gasteiger partial charge in [0.25, 0.3) is 5.91 Å². The first kappa shape index (κ1) is 14.9. The highest BCUT2D eigenvalue weighted by molar-refractivity contribution is 9.10. The van der Waals surface area contributed by atoms with Gasteiger partial charge in [0.05, 0.1) is 4.47 Å². The van der Waals surface area contributed by atoms with E-state index in [4.69, 9.17) is 0 Å². The zero-order valence-corrected chi connectivity index (χ0v) is 13.2. The predicted octanol–water partition coefficient (Wildman–Crippen LogP) is 3.99. The molecule has 2 nitrogen and oxygen atoms in total. The summed E-state index contributed by atoms with van der Waals surface area (Å²) in [5.74, 6) is -0.585. The monoisotopic (exact) mass is 345 g/mol. The summed E-state index contributed by atoms with van der Waals surface area (Å²) >= 11 is 4.98. The van der Waals surface area contributed by atoms with Crippen LogP contribution in [0, 0.1) is 5.82 Å². The van der Waals surface area contributed by atoms with E-state index in [9.17, 15) is 9.18 Å². The summed E-state index contributed by atoms with van der Waals surface area (Å²) in [6.45, 7) is 0. The lowest BCUT2D eigenvalue weighted by molar-refractivity contribution is 0.0927. The van der Waals surface area contributed by atoms with E-state index in [1.807, 2.05) is 11.8 Å². The SMILES string of the molecule is CSC1CCC(NC(=O)c2ccc(Br)c(F)c2)CC1. The summed E-state index contributed by atoms with van der Waals surface area (Å²) < 4.78 is 13.8. The van der Waals surface area contributed by atoms with Gasteiger partial charge in [0, 0.05) is 16.9 Å². The van der Waals surface area contributed by atoms with Crippen LogP contribution in [-0.2, 0) is 0 Å². The maximum Gasteiger partial charge on any atom is 0.251 e. The molecule has 0 radical (unpaired) electrons. The van der Waals surface area contributed by atoms with Gasteiger partial charge >= 0.3 is 0 Å².